The minimum Gasteiger partial charge on any atom is -0.356 e. The van der Waals surface area contributed by atoms with Crippen LogP contribution >= 0.6 is 0 Å². The van der Waals surface area contributed by atoms with Crippen LogP contribution in [0.2, 0.25) is 0 Å². The summed E-state index contributed by atoms with van der Waals surface area (Å²) in [5, 5.41) is -0.782. The lowest BCUT2D eigenvalue weighted by Gasteiger charge is -2.12. The van der Waals surface area contributed by atoms with Gasteiger partial charge in [0.15, 0.2) is 9.84 Å². The summed E-state index contributed by atoms with van der Waals surface area (Å²) in [6.07, 6.45) is -4.30. The van der Waals surface area contributed by atoms with Gasteiger partial charge in [0.05, 0.1) is 5.25 Å². The summed E-state index contributed by atoms with van der Waals surface area (Å²) in [4.78, 5) is 0. The van der Waals surface area contributed by atoms with E-state index < -0.39 is 33.8 Å². The Bertz CT molecular complexity index is 276. The van der Waals surface area contributed by atoms with Gasteiger partial charge in [0, 0.05) is 0 Å². The molecule has 8 heteroatoms. The SMILES string of the molecule is CC(CCN)S(=O)(=O)COCC(F)(F)F. The van der Waals surface area contributed by atoms with Gasteiger partial charge < -0.3 is 10.5 Å². The van der Waals surface area contributed by atoms with Gasteiger partial charge in [0.1, 0.15) is 12.5 Å². The maximum atomic E-state index is 11.6. The molecular formula is C7H14F3NO3S. The van der Waals surface area contributed by atoms with Crippen molar-refractivity contribution in [2.45, 2.75) is 24.8 Å². The molecule has 2 N–H and O–H groups in total. The van der Waals surface area contributed by atoms with E-state index in [0.29, 0.717) is 0 Å². The zero-order valence-corrected chi connectivity index (χ0v) is 9.07. The Kier molecular flexibility index (Phi) is 5.54. The van der Waals surface area contributed by atoms with Crippen LogP contribution in [0.3, 0.4) is 0 Å². The number of hydrogen-bond donors (Lipinski definition) is 1. The summed E-state index contributed by atoms with van der Waals surface area (Å²) in [5.74, 6) is -0.923. The third-order valence-electron chi connectivity index (χ3n) is 1.70. The summed E-state index contributed by atoms with van der Waals surface area (Å²) in [6, 6.07) is 0. The fourth-order valence-electron chi connectivity index (χ4n) is 0.804. The Labute approximate surface area is 86.5 Å². The van der Waals surface area contributed by atoms with E-state index in [9.17, 15) is 21.6 Å². The van der Waals surface area contributed by atoms with E-state index in [1.807, 2.05) is 0 Å². The van der Waals surface area contributed by atoms with Crippen LogP contribution in [0.1, 0.15) is 13.3 Å². The van der Waals surface area contributed by atoms with Gasteiger partial charge in [0.2, 0.25) is 0 Å². The van der Waals surface area contributed by atoms with E-state index in [4.69, 9.17) is 5.73 Å². The fraction of sp³-hybridized carbons (Fsp3) is 1.00. The van der Waals surface area contributed by atoms with Crippen LogP contribution in [-0.2, 0) is 14.6 Å². The van der Waals surface area contributed by atoms with Crippen molar-refractivity contribution >= 4 is 9.84 Å². The van der Waals surface area contributed by atoms with Crippen LogP contribution in [0.15, 0.2) is 0 Å². The van der Waals surface area contributed by atoms with Gasteiger partial charge in [0.25, 0.3) is 0 Å². The quantitative estimate of drug-likeness (QED) is 0.751. The van der Waals surface area contributed by atoms with Gasteiger partial charge >= 0.3 is 6.18 Å². The van der Waals surface area contributed by atoms with Crippen molar-refractivity contribution in [2.75, 3.05) is 19.1 Å². The maximum Gasteiger partial charge on any atom is 0.411 e. The number of alkyl halides is 3. The van der Waals surface area contributed by atoms with E-state index in [1.165, 1.54) is 6.92 Å². The summed E-state index contributed by atoms with van der Waals surface area (Å²) in [5.41, 5.74) is 5.14. The van der Waals surface area contributed by atoms with E-state index in [-0.39, 0.29) is 13.0 Å². The zero-order valence-electron chi connectivity index (χ0n) is 8.25. The normalized spacial score (nSPS) is 15.3. The van der Waals surface area contributed by atoms with Gasteiger partial charge in [-0.3, -0.25) is 0 Å². The van der Waals surface area contributed by atoms with Crippen LogP contribution < -0.4 is 5.73 Å². The number of sulfone groups is 1. The molecular weight excluding hydrogens is 235 g/mol. The van der Waals surface area contributed by atoms with Crippen LogP contribution in [-0.4, -0.2) is 38.9 Å². The van der Waals surface area contributed by atoms with Gasteiger partial charge in [-0.25, -0.2) is 8.42 Å². The first-order valence-corrected chi connectivity index (χ1v) is 5.96. The van der Waals surface area contributed by atoms with Crippen molar-refractivity contribution in [2.24, 2.45) is 5.73 Å². The third kappa shape index (κ3) is 6.69. The van der Waals surface area contributed by atoms with Crippen molar-refractivity contribution in [3.05, 3.63) is 0 Å². The van der Waals surface area contributed by atoms with Crippen molar-refractivity contribution in [1.82, 2.24) is 0 Å². The first kappa shape index (κ1) is 14.7. The van der Waals surface area contributed by atoms with E-state index in [1.54, 1.807) is 0 Å². The molecule has 0 spiro atoms. The molecule has 0 bridgehead atoms. The summed E-state index contributed by atoms with van der Waals surface area (Å²) >= 11 is 0. The van der Waals surface area contributed by atoms with Gasteiger partial charge in [-0.1, -0.05) is 0 Å². The van der Waals surface area contributed by atoms with E-state index in [2.05, 4.69) is 4.74 Å². The monoisotopic (exact) mass is 249 g/mol. The maximum absolute atomic E-state index is 11.6. The molecule has 0 aromatic heterocycles. The molecule has 0 saturated heterocycles. The molecule has 4 nitrogen and oxygen atoms in total. The number of hydrogen-bond acceptors (Lipinski definition) is 4. The number of nitrogens with two attached hydrogens (primary N) is 1. The van der Waals surface area contributed by atoms with Gasteiger partial charge in [-0.2, -0.15) is 13.2 Å². The molecule has 0 aliphatic carbocycles. The first-order chi connectivity index (χ1) is 6.69. The Morgan fingerprint density at radius 2 is 1.93 bits per heavy atom. The minimum atomic E-state index is -4.51. The van der Waals surface area contributed by atoms with Crippen LogP contribution in [0, 0.1) is 0 Å². The fourth-order valence-corrected chi connectivity index (χ4v) is 1.85. The highest BCUT2D eigenvalue weighted by atomic mass is 32.2. The average molecular weight is 249 g/mol. The Morgan fingerprint density at radius 1 is 1.40 bits per heavy atom. The first-order valence-electron chi connectivity index (χ1n) is 4.25. The second-order valence-corrected chi connectivity index (χ2v) is 5.50. The minimum absolute atomic E-state index is 0.166. The average Bonchev–Trinajstić information content (AvgIpc) is 2.01. The lowest BCUT2D eigenvalue weighted by atomic mass is 10.3. The van der Waals surface area contributed by atoms with Crippen molar-refractivity contribution < 1.29 is 26.3 Å². The molecule has 15 heavy (non-hydrogen) atoms. The van der Waals surface area contributed by atoms with Crippen molar-refractivity contribution in [3.63, 3.8) is 0 Å². The Morgan fingerprint density at radius 3 is 2.33 bits per heavy atom. The highest BCUT2D eigenvalue weighted by Gasteiger charge is 2.29. The molecule has 0 rings (SSSR count). The number of rotatable bonds is 6. The smallest absolute Gasteiger partial charge is 0.356 e. The molecule has 0 aliphatic rings. The Balaban J connectivity index is 4.06. The highest BCUT2D eigenvalue weighted by Crippen LogP contribution is 2.15. The largest absolute Gasteiger partial charge is 0.411 e. The molecule has 0 aromatic carbocycles. The summed E-state index contributed by atoms with van der Waals surface area (Å²) < 4.78 is 61.5. The molecule has 0 heterocycles. The second kappa shape index (κ2) is 5.66. The number of halogens is 3. The van der Waals surface area contributed by atoms with Crippen molar-refractivity contribution in [3.8, 4) is 0 Å². The van der Waals surface area contributed by atoms with Crippen LogP contribution in [0.25, 0.3) is 0 Å². The topological polar surface area (TPSA) is 69.4 Å². The molecule has 0 aromatic rings. The molecule has 92 valence electrons. The predicted molar refractivity (Wildman–Crippen MR) is 48.9 cm³/mol. The number of ether oxygens (including phenoxy) is 1. The van der Waals surface area contributed by atoms with Crippen LogP contribution in [0.4, 0.5) is 13.2 Å². The van der Waals surface area contributed by atoms with Crippen molar-refractivity contribution in [1.29, 1.82) is 0 Å². The standard InChI is InChI=1S/C7H14F3NO3S/c1-6(2-3-11)15(12,13)5-14-4-7(8,9)10/h6H,2-5,11H2,1H3. The van der Waals surface area contributed by atoms with Gasteiger partial charge in [-0.05, 0) is 19.9 Å². The lowest BCUT2D eigenvalue weighted by Crippen LogP contribution is -2.27. The van der Waals surface area contributed by atoms with E-state index in [0.717, 1.165) is 0 Å². The van der Waals surface area contributed by atoms with Gasteiger partial charge in [-0.15, -0.1) is 0 Å². The summed E-state index contributed by atoms with van der Waals surface area (Å²) in [6.45, 7) is 0.000381. The third-order valence-corrected chi connectivity index (χ3v) is 3.66. The molecule has 0 aliphatic heterocycles. The molecule has 0 amide bonds. The Hall–Kier alpha value is -0.340. The molecule has 0 fully saturated rings. The predicted octanol–water partition coefficient (Wildman–Crippen LogP) is 0.675. The highest BCUT2D eigenvalue weighted by molar-refractivity contribution is 7.91. The molecule has 0 saturated carbocycles. The molecule has 0 radical (unpaired) electrons. The summed E-state index contributed by atoms with van der Waals surface area (Å²) in [7, 11) is -3.65. The van der Waals surface area contributed by atoms with E-state index >= 15 is 0 Å². The second-order valence-electron chi connectivity index (χ2n) is 3.13. The zero-order chi connectivity index (χ0) is 12.1. The molecule has 1 unspecified atom stereocenters. The lowest BCUT2D eigenvalue weighted by molar-refractivity contribution is -0.169. The van der Waals surface area contributed by atoms with Crippen LogP contribution in [0.5, 0.6) is 0 Å². The molecule has 1 atom stereocenters.